The summed E-state index contributed by atoms with van der Waals surface area (Å²) < 4.78 is 0. The van der Waals surface area contributed by atoms with Gasteiger partial charge in [-0.05, 0) is 31.1 Å². The van der Waals surface area contributed by atoms with E-state index in [1.165, 1.54) is 12.4 Å². The van der Waals surface area contributed by atoms with Crippen LogP contribution in [0.5, 0.6) is 0 Å². The number of amides is 2. The van der Waals surface area contributed by atoms with E-state index in [9.17, 15) is 9.59 Å². The molecular weight excluding hydrogens is 306 g/mol. The van der Waals surface area contributed by atoms with Crippen molar-refractivity contribution in [3.63, 3.8) is 0 Å². The van der Waals surface area contributed by atoms with Crippen LogP contribution in [-0.4, -0.2) is 45.0 Å². The third-order valence-corrected chi connectivity index (χ3v) is 4.21. The summed E-state index contributed by atoms with van der Waals surface area (Å²) >= 11 is 0. The maximum atomic E-state index is 12.6. The number of benzene rings is 1. The van der Waals surface area contributed by atoms with E-state index in [1.54, 1.807) is 4.90 Å². The molecule has 0 radical (unpaired) electrons. The minimum atomic E-state index is -0.110. The highest BCUT2D eigenvalue weighted by molar-refractivity contribution is 5.96. The molecule has 124 valence electrons. The molecule has 3 rings (SSSR count). The molecule has 0 atom stereocenters. The third kappa shape index (κ3) is 3.34. The number of likely N-dealkylation sites (tertiary alicyclic amines) is 1. The topological polar surface area (TPSA) is 91.0 Å². The van der Waals surface area contributed by atoms with Crippen LogP contribution in [0.4, 0.5) is 5.69 Å². The molecule has 2 amide bonds. The smallest absolute Gasteiger partial charge is 0.245 e. The molecule has 1 aromatic heterocycles. The Kier molecular flexibility index (Phi) is 4.69. The molecule has 24 heavy (non-hydrogen) atoms. The van der Waals surface area contributed by atoms with Crippen LogP contribution in [0.25, 0.3) is 11.4 Å². The van der Waals surface area contributed by atoms with E-state index in [2.05, 4.69) is 27.1 Å². The lowest BCUT2D eigenvalue weighted by Crippen LogP contribution is -2.40. The monoisotopic (exact) mass is 325 g/mol. The normalized spacial score (nSPS) is 15.1. The zero-order valence-corrected chi connectivity index (χ0v) is 13.2. The van der Waals surface area contributed by atoms with Crippen molar-refractivity contribution in [3.05, 3.63) is 43.2 Å². The summed E-state index contributed by atoms with van der Waals surface area (Å²) in [5, 5.41) is 9.63. The number of nitrogens with one attached hydrogen (secondary N) is 2. The van der Waals surface area contributed by atoms with E-state index >= 15 is 0 Å². The Morgan fingerprint density at radius 1 is 1.29 bits per heavy atom. The van der Waals surface area contributed by atoms with E-state index in [0.29, 0.717) is 37.4 Å². The number of para-hydroxylation sites is 1. The summed E-state index contributed by atoms with van der Waals surface area (Å²) in [5.74, 6) is 0.385. The Morgan fingerprint density at radius 2 is 2.04 bits per heavy atom. The number of carbonyl (C=O) groups is 2. The van der Waals surface area contributed by atoms with Crippen LogP contribution in [0.2, 0.25) is 0 Å². The lowest BCUT2D eigenvalue weighted by atomic mass is 9.95. The van der Waals surface area contributed by atoms with Gasteiger partial charge in [0.2, 0.25) is 11.8 Å². The van der Waals surface area contributed by atoms with Gasteiger partial charge in [0.15, 0.2) is 5.82 Å². The van der Waals surface area contributed by atoms with Gasteiger partial charge in [0, 0.05) is 24.6 Å². The fourth-order valence-electron chi connectivity index (χ4n) is 2.86. The molecule has 0 unspecified atom stereocenters. The first kappa shape index (κ1) is 15.9. The quantitative estimate of drug-likeness (QED) is 0.839. The fourth-order valence-corrected chi connectivity index (χ4v) is 2.86. The second kappa shape index (κ2) is 7.08. The Hall–Kier alpha value is -2.96. The molecule has 1 aliphatic rings. The number of anilines is 1. The molecule has 7 nitrogen and oxygen atoms in total. The summed E-state index contributed by atoms with van der Waals surface area (Å²) in [6, 6.07) is 7.46. The summed E-state index contributed by atoms with van der Waals surface area (Å²) in [4.78, 5) is 30.0. The van der Waals surface area contributed by atoms with Crippen molar-refractivity contribution < 1.29 is 9.59 Å². The Bertz CT molecular complexity index is 733. The molecule has 1 aliphatic heterocycles. The Morgan fingerprint density at radius 3 is 2.71 bits per heavy atom. The van der Waals surface area contributed by atoms with Gasteiger partial charge in [-0.25, -0.2) is 4.98 Å². The number of hydrogen-bond donors (Lipinski definition) is 2. The molecule has 1 aromatic carbocycles. The molecule has 2 heterocycles. The van der Waals surface area contributed by atoms with Gasteiger partial charge < -0.3 is 10.2 Å². The number of rotatable bonds is 4. The predicted molar refractivity (Wildman–Crippen MR) is 89.9 cm³/mol. The van der Waals surface area contributed by atoms with Gasteiger partial charge in [-0.2, -0.15) is 5.10 Å². The Balaban J connectivity index is 1.66. The number of aromatic amines is 1. The molecule has 1 fully saturated rings. The van der Waals surface area contributed by atoms with Crippen LogP contribution in [-0.2, 0) is 9.59 Å². The molecule has 0 bridgehead atoms. The second-order valence-corrected chi connectivity index (χ2v) is 5.67. The molecule has 0 aliphatic carbocycles. The minimum Gasteiger partial charge on any atom is -0.339 e. The van der Waals surface area contributed by atoms with Crippen LogP contribution in [0.3, 0.4) is 0 Å². The van der Waals surface area contributed by atoms with Gasteiger partial charge >= 0.3 is 0 Å². The highest BCUT2D eigenvalue weighted by atomic mass is 16.2. The van der Waals surface area contributed by atoms with Gasteiger partial charge in [-0.3, -0.25) is 14.7 Å². The molecular formula is C17H19N5O2. The van der Waals surface area contributed by atoms with E-state index in [-0.39, 0.29) is 17.7 Å². The number of H-pyrrole nitrogens is 1. The number of nitrogens with zero attached hydrogens (tertiary/aromatic N) is 3. The average molecular weight is 325 g/mol. The van der Waals surface area contributed by atoms with Gasteiger partial charge in [0.05, 0.1) is 5.69 Å². The van der Waals surface area contributed by atoms with Crippen molar-refractivity contribution in [1.29, 1.82) is 0 Å². The third-order valence-electron chi connectivity index (χ3n) is 4.21. The predicted octanol–water partition coefficient (Wildman–Crippen LogP) is 1.83. The van der Waals surface area contributed by atoms with Gasteiger partial charge in [0.25, 0.3) is 0 Å². The van der Waals surface area contributed by atoms with Gasteiger partial charge in [-0.15, -0.1) is 0 Å². The van der Waals surface area contributed by atoms with Crippen molar-refractivity contribution in [2.24, 2.45) is 5.92 Å². The summed E-state index contributed by atoms with van der Waals surface area (Å²) in [6.07, 6.45) is 4.04. The zero-order chi connectivity index (χ0) is 16.9. The average Bonchev–Trinajstić information content (AvgIpc) is 3.16. The minimum absolute atomic E-state index is 0.0346. The number of aromatic nitrogens is 3. The molecule has 2 aromatic rings. The van der Waals surface area contributed by atoms with Gasteiger partial charge in [0.1, 0.15) is 6.33 Å². The Labute approximate surface area is 139 Å². The highest BCUT2D eigenvalue weighted by Gasteiger charge is 2.27. The number of carbonyl (C=O) groups excluding carboxylic acids is 2. The van der Waals surface area contributed by atoms with Crippen molar-refractivity contribution in [2.75, 3.05) is 18.4 Å². The largest absolute Gasteiger partial charge is 0.339 e. The van der Waals surface area contributed by atoms with Crippen LogP contribution < -0.4 is 5.32 Å². The lowest BCUT2D eigenvalue weighted by Gasteiger charge is -2.30. The zero-order valence-electron chi connectivity index (χ0n) is 13.2. The van der Waals surface area contributed by atoms with Crippen molar-refractivity contribution in [2.45, 2.75) is 12.8 Å². The maximum Gasteiger partial charge on any atom is 0.245 e. The number of piperidine rings is 1. The lowest BCUT2D eigenvalue weighted by molar-refractivity contribution is -0.130. The first-order chi connectivity index (χ1) is 11.7. The molecule has 2 N–H and O–H groups in total. The highest BCUT2D eigenvalue weighted by Crippen LogP contribution is 2.26. The van der Waals surface area contributed by atoms with E-state index < -0.39 is 0 Å². The summed E-state index contributed by atoms with van der Waals surface area (Å²) in [5.41, 5.74) is 1.49. The van der Waals surface area contributed by atoms with Crippen molar-refractivity contribution in [3.8, 4) is 11.4 Å². The SMILES string of the molecule is C=CC(=O)N1CCC(C(=O)Nc2ccccc2-c2ncn[nH]2)CC1. The number of hydrogen-bond acceptors (Lipinski definition) is 4. The van der Waals surface area contributed by atoms with E-state index in [1.807, 2.05) is 24.3 Å². The first-order valence-corrected chi connectivity index (χ1v) is 7.86. The van der Waals surface area contributed by atoms with Crippen LogP contribution in [0, 0.1) is 5.92 Å². The van der Waals surface area contributed by atoms with E-state index in [4.69, 9.17) is 0 Å². The second-order valence-electron chi connectivity index (χ2n) is 5.67. The first-order valence-electron chi connectivity index (χ1n) is 7.86. The standard InChI is InChI=1S/C17H19N5O2/c1-2-15(23)22-9-7-12(8-10-22)17(24)20-14-6-4-3-5-13(14)16-18-11-19-21-16/h2-6,11-12H,1,7-10H2,(H,20,24)(H,18,19,21). The molecule has 7 heteroatoms. The van der Waals surface area contributed by atoms with E-state index in [0.717, 1.165) is 5.56 Å². The maximum absolute atomic E-state index is 12.6. The van der Waals surface area contributed by atoms with Crippen LogP contribution in [0.15, 0.2) is 43.2 Å². The van der Waals surface area contributed by atoms with Crippen molar-refractivity contribution >= 4 is 17.5 Å². The van der Waals surface area contributed by atoms with Crippen LogP contribution in [0.1, 0.15) is 12.8 Å². The molecule has 0 spiro atoms. The van der Waals surface area contributed by atoms with Gasteiger partial charge in [-0.1, -0.05) is 18.7 Å². The fraction of sp³-hybridized carbons (Fsp3) is 0.294. The summed E-state index contributed by atoms with van der Waals surface area (Å²) in [7, 11) is 0. The molecule has 1 saturated heterocycles. The molecule has 0 saturated carbocycles. The van der Waals surface area contributed by atoms with Crippen molar-refractivity contribution in [1.82, 2.24) is 20.1 Å². The summed E-state index contributed by atoms with van der Waals surface area (Å²) in [6.45, 7) is 4.65. The van der Waals surface area contributed by atoms with Crippen LogP contribution >= 0.6 is 0 Å².